The van der Waals surface area contributed by atoms with E-state index in [0.717, 1.165) is 32.0 Å². The minimum absolute atomic E-state index is 0.262. The average Bonchev–Trinajstić information content (AvgIpc) is 2.38. The van der Waals surface area contributed by atoms with Gasteiger partial charge in [0.2, 0.25) is 0 Å². The van der Waals surface area contributed by atoms with Crippen molar-refractivity contribution in [2.24, 2.45) is 0 Å². The van der Waals surface area contributed by atoms with Crippen LogP contribution in [0.1, 0.15) is 24.0 Å². The van der Waals surface area contributed by atoms with Crippen molar-refractivity contribution in [3.8, 4) is 0 Å². The van der Waals surface area contributed by atoms with E-state index in [9.17, 15) is 13.2 Å². The Balaban J connectivity index is 2.39. The Labute approximate surface area is 98.2 Å². The molecule has 1 aliphatic rings. The molecule has 0 amide bonds. The van der Waals surface area contributed by atoms with Crippen LogP contribution >= 0.6 is 0 Å². The third kappa shape index (κ3) is 2.91. The van der Waals surface area contributed by atoms with Gasteiger partial charge in [0.25, 0.3) is 0 Å². The van der Waals surface area contributed by atoms with Gasteiger partial charge < -0.3 is 10.6 Å². The monoisotopic (exact) mass is 244 g/mol. The van der Waals surface area contributed by atoms with Gasteiger partial charge in [-0.25, -0.2) is 0 Å². The molecule has 2 nitrogen and oxygen atoms in total. The lowest BCUT2D eigenvalue weighted by atomic mass is 10.0. The number of halogens is 3. The van der Waals surface area contributed by atoms with Crippen LogP contribution in [0.15, 0.2) is 18.2 Å². The van der Waals surface area contributed by atoms with E-state index in [0.29, 0.717) is 11.3 Å². The number of hydrogen-bond acceptors (Lipinski definition) is 2. The number of anilines is 1. The van der Waals surface area contributed by atoms with Crippen LogP contribution < -0.4 is 10.6 Å². The number of hydrogen-bond donors (Lipinski definition) is 2. The largest absolute Gasteiger partial charge is 0.416 e. The van der Waals surface area contributed by atoms with Crippen LogP contribution in [0, 0.1) is 0 Å². The van der Waals surface area contributed by atoms with Gasteiger partial charge in [-0.05, 0) is 31.5 Å². The fourth-order valence-corrected chi connectivity index (χ4v) is 2.02. The molecular weight excluding hydrogens is 229 g/mol. The molecule has 2 rings (SSSR count). The van der Waals surface area contributed by atoms with Gasteiger partial charge >= 0.3 is 6.18 Å². The lowest BCUT2D eigenvalue weighted by Crippen LogP contribution is -2.18. The summed E-state index contributed by atoms with van der Waals surface area (Å²) in [5, 5.41) is 6.13. The van der Waals surface area contributed by atoms with Crippen LogP contribution in [0.4, 0.5) is 18.9 Å². The summed E-state index contributed by atoms with van der Waals surface area (Å²) < 4.78 is 38.6. The van der Waals surface area contributed by atoms with Gasteiger partial charge in [-0.1, -0.05) is 6.07 Å². The van der Waals surface area contributed by atoms with E-state index in [-0.39, 0.29) is 6.54 Å². The van der Waals surface area contributed by atoms with Crippen LogP contribution in [0.2, 0.25) is 0 Å². The third-order valence-electron chi connectivity index (χ3n) is 2.88. The van der Waals surface area contributed by atoms with Gasteiger partial charge in [-0.15, -0.1) is 0 Å². The molecule has 17 heavy (non-hydrogen) atoms. The zero-order chi connectivity index (χ0) is 12.3. The summed E-state index contributed by atoms with van der Waals surface area (Å²) in [5.41, 5.74) is 0.369. The molecule has 0 aromatic heterocycles. The zero-order valence-corrected chi connectivity index (χ0v) is 9.40. The highest BCUT2D eigenvalue weighted by molar-refractivity contribution is 5.55. The molecule has 1 aliphatic heterocycles. The molecule has 0 saturated heterocycles. The fourth-order valence-electron chi connectivity index (χ4n) is 2.02. The topological polar surface area (TPSA) is 24.1 Å². The Bertz CT molecular complexity index is 388. The van der Waals surface area contributed by atoms with E-state index in [4.69, 9.17) is 0 Å². The van der Waals surface area contributed by atoms with Crippen molar-refractivity contribution in [3.63, 3.8) is 0 Å². The molecule has 0 fully saturated rings. The summed E-state index contributed by atoms with van der Waals surface area (Å²) in [6.07, 6.45) is -2.35. The number of nitrogens with one attached hydrogen (secondary N) is 2. The molecule has 0 saturated carbocycles. The lowest BCUT2D eigenvalue weighted by Gasteiger charge is -2.17. The van der Waals surface area contributed by atoms with Gasteiger partial charge in [0.1, 0.15) is 0 Å². The molecule has 1 heterocycles. The summed E-state index contributed by atoms with van der Waals surface area (Å²) in [5.74, 6) is 0. The highest BCUT2D eigenvalue weighted by Crippen LogP contribution is 2.35. The molecule has 0 unspecified atom stereocenters. The van der Waals surface area contributed by atoms with Crippen molar-refractivity contribution in [2.45, 2.75) is 25.6 Å². The molecule has 94 valence electrons. The second kappa shape index (κ2) is 4.96. The maximum absolute atomic E-state index is 12.9. The second-order valence-electron chi connectivity index (χ2n) is 4.14. The molecule has 1 aromatic carbocycles. The molecule has 0 aliphatic carbocycles. The van der Waals surface area contributed by atoms with E-state index in [1.807, 2.05) is 0 Å². The SMILES string of the molecule is FC(F)(F)c1cccc2c1CNCCCCN2. The molecule has 0 atom stereocenters. The Morgan fingerprint density at radius 2 is 1.82 bits per heavy atom. The van der Waals surface area contributed by atoms with Crippen molar-refractivity contribution >= 4 is 5.69 Å². The van der Waals surface area contributed by atoms with Gasteiger partial charge in [0.15, 0.2) is 0 Å². The third-order valence-corrected chi connectivity index (χ3v) is 2.88. The van der Waals surface area contributed by atoms with Crippen LogP contribution in [0.25, 0.3) is 0 Å². The second-order valence-corrected chi connectivity index (χ2v) is 4.14. The molecular formula is C12H15F3N2. The fraction of sp³-hybridized carbons (Fsp3) is 0.500. The maximum Gasteiger partial charge on any atom is 0.416 e. The number of rotatable bonds is 0. The Morgan fingerprint density at radius 1 is 1.06 bits per heavy atom. The van der Waals surface area contributed by atoms with Crippen molar-refractivity contribution in [1.82, 2.24) is 5.32 Å². The van der Waals surface area contributed by atoms with Crippen LogP contribution in [-0.2, 0) is 12.7 Å². The zero-order valence-electron chi connectivity index (χ0n) is 9.40. The molecule has 5 heteroatoms. The van der Waals surface area contributed by atoms with E-state index in [1.165, 1.54) is 6.07 Å². The normalized spacial score (nSPS) is 17.4. The van der Waals surface area contributed by atoms with E-state index < -0.39 is 11.7 Å². The highest BCUT2D eigenvalue weighted by atomic mass is 19.4. The minimum atomic E-state index is -4.29. The van der Waals surface area contributed by atoms with Crippen molar-refractivity contribution in [2.75, 3.05) is 18.4 Å². The number of benzene rings is 1. The number of fused-ring (bicyclic) bond motifs is 1. The smallest absolute Gasteiger partial charge is 0.385 e. The maximum atomic E-state index is 12.9. The molecule has 0 bridgehead atoms. The summed E-state index contributed by atoms with van der Waals surface area (Å²) in [7, 11) is 0. The van der Waals surface area contributed by atoms with Crippen LogP contribution in [0.3, 0.4) is 0 Å². The van der Waals surface area contributed by atoms with Crippen LogP contribution in [0.5, 0.6) is 0 Å². The first-order valence-corrected chi connectivity index (χ1v) is 5.73. The molecule has 2 N–H and O–H groups in total. The van der Waals surface area contributed by atoms with Crippen molar-refractivity contribution < 1.29 is 13.2 Å². The van der Waals surface area contributed by atoms with Crippen LogP contribution in [-0.4, -0.2) is 13.1 Å². The van der Waals surface area contributed by atoms with Crippen molar-refractivity contribution in [1.29, 1.82) is 0 Å². The van der Waals surface area contributed by atoms with Gasteiger partial charge in [-0.2, -0.15) is 13.2 Å². The van der Waals surface area contributed by atoms with Gasteiger partial charge in [-0.3, -0.25) is 0 Å². The first kappa shape index (κ1) is 12.2. The molecule has 0 radical (unpaired) electrons. The standard InChI is InChI=1S/C12H15F3N2/c13-12(14,15)10-4-3-5-11-9(10)8-16-6-1-2-7-17-11/h3-5,16-17H,1-2,6-8H2. The Kier molecular flexibility index (Phi) is 3.57. The van der Waals surface area contributed by atoms with E-state index >= 15 is 0 Å². The highest BCUT2D eigenvalue weighted by Gasteiger charge is 2.34. The van der Waals surface area contributed by atoms with Crippen molar-refractivity contribution in [3.05, 3.63) is 29.3 Å². The predicted molar refractivity (Wildman–Crippen MR) is 60.9 cm³/mol. The summed E-state index contributed by atoms with van der Waals surface area (Å²) in [6.45, 7) is 1.74. The molecule has 1 aromatic rings. The lowest BCUT2D eigenvalue weighted by molar-refractivity contribution is -0.138. The first-order valence-electron chi connectivity index (χ1n) is 5.73. The van der Waals surface area contributed by atoms with E-state index in [2.05, 4.69) is 10.6 Å². The Morgan fingerprint density at radius 3 is 2.59 bits per heavy atom. The summed E-state index contributed by atoms with van der Waals surface area (Å²) in [6, 6.07) is 4.30. The quantitative estimate of drug-likeness (QED) is 0.733. The summed E-state index contributed by atoms with van der Waals surface area (Å²) >= 11 is 0. The predicted octanol–water partition coefficient (Wildman–Crippen LogP) is 3.00. The average molecular weight is 244 g/mol. The molecule has 0 spiro atoms. The first-order chi connectivity index (χ1) is 8.09. The van der Waals surface area contributed by atoms with E-state index in [1.54, 1.807) is 6.07 Å². The summed E-state index contributed by atoms with van der Waals surface area (Å²) in [4.78, 5) is 0. The number of alkyl halides is 3. The minimum Gasteiger partial charge on any atom is -0.385 e. The Hall–Kier alpha value is -1.23. The van der Waals surface area contributed by atoms with Gasteiger partial charge in [0.05, 0.1) is 5.56 Å². The van der Waals surface area contributed by atoms with Gasteiger partial charge in [0, 0.05) is 24.3 Å².